The highest BCUT2D eigenvalue weighted by atomic mass is 19.1. The van der Waals surface area contributed by atoms with Gasteiger partial charge in [0, 0.05) is 53.3 Å². The number of anilines is 1. The van der Waals surface area contributed by atoms with Gasteiger partial charge in [-0.1, -0.05) is 32.0 Å². The fraction of sp³-hybridized carbons (Fsp3) is 0.333. The number of carbonyl (C=O) groups is 1. The third-order valence-corrected chi connectivity index (χ3v) is 7.34. The van der Waals surface area contributed by atoms with Gasteiger partial charge in [0.2, 0.25) is 0 Å². The number of pyridine rings is 1. The lowest BCUT2D eigenvalue weighted by Gasteiger charge is -2.42. The monoisotopic (exact) mass is 442 g/mol. The predicted octanol–water partition coefficient (Wildman–Crippen LogP) is 4.99. The number of fused-ring (bicyclic) bond motifs is 3. The average molecular weight is 443 g/mol. The van der Waals surface area contributed by atoms with Crippen LogP contribution in [0.3, 0.4) is 0 Å². The summed E-state index contributed by atoms with van der Waals surface area (Å²) in [4.78, 5) is 18.2. The third kappa shape index (κ3) is 3.36. The van der Waals surface area contributed by atoms with E-state index < -0.39 is 0 Å². The van der Waals surface area contributed by atoms with Crippen molar-refractivity contribution in [1.29, 1.82) is 0 Å². The maximum atomic E-state index is 13.6. The molecule has 0 spiro atoms. The minimum absolute atomic E-state index is 0.0510. The average Bonchev–Trinajstić information content (AvgIpc) is 3.26. The molecule has 3 heterocycles. The van der Waals surface area contributed by atoms with Crippen molar-refractivity contribution in [3.05, 3.63) is 82.9 Å². The number of halogens is 1. The van der Waals surface area contributed by atoms with Crippen molar-refractivity contribution in [2.24, 2.45) is 11.3 Å². The third-order valence-electron chi connectivity index (χ3n) is 7.34. The zero-order valence-corrected chi connectivity index (χ0v) is 18.8. The maximum Gasteiger partial charge on any atom is 0.161 e. The molecule has 1 aliphatic carbocycles. The molecule has 2 aliphatic heterocycles. The first kappa shape index (κ1) is 20.5. The normalized spacial score (nSPS) is 26.2. The van der Waals surface area contributed by atoms with E-state index in [0.29, 0.717) is 13.0 Å². The quantitative estimate of drug-likeness (QED) is 0.522. The fourth-order valence-corrected chi connectivity index (χ4v) is 5.98. The molecule has 0 radical (unpaired) electrons. The standard InChI is InChI=1S/C27H27FN4O/c1-27(2)12-21-25(22(33)13-27)24(18-14-30-32-26(18)15-5-7-16(28)8-6-15)23-17-4-3-11-29-19(17)9-10-20(23)31-21/h3-11,18,24,26,30-32H,12-14H2,1-2H3. The van der Waals surface area contributed by atoms with E-state index in [1.54, 1.807) is 6.20 Å². The summed E-state index contributed by atoms with van der Waals surface area (Å²) in [7, 11) is 0. The van der Waals surface area contributed by atoms with E-state index >= 15 is 0 Å². The first-order valence-corrected chi connectivity index (χ1v) is 11.6. The Morgan fingerprint density at radius 1 is 1.06 bits per heavy atom. The van der Waals surface area contributed by atoms with Gasteiger partial charge < -0.3 is 5.32 Å². The van der Waals surface area contributed by atoms with Crippen LogP contribution in [0.1, 0.15) is 49.8 Å². The number of hydrogen-bond acceptors (Lipinski definition) is 5. The van der Waals surface area contributed by atoms with Crippen LogP contribution in [0.5, 0.6) is 0 Å². The summed E-state index contributed by atoms with van der Waals surface area (Å²) in [6.45, 7) is 5.02. The van der Waals surface area contributed by atoms with Gasteiger partial charge in [0.15, 0.2) is 5.78 Å². The Kier molecular flexibility index (Phi) is 4.64. The number of hydrazine groups is 1. The van der Waals surface area contributed by atoms with Crippen molar-refractivity contribution in [3.8, 4) is 0 Å². The summed E-state index contributed by atoms with van der Waals surface area (Å²) in [6, 6.07) is 14.8. The molecule has 3 aliphatic rings. The van der Waals surface area contributed by atoms with E-state index in [1.807, 2.05) is 24.3 Å². The Balaban J connectivity index is 1.56. The van der Waals surface area contributed by atoms with Crippen LogP contribution in [0.15, 0.2) is 66.0 Å². The van der Waals surface area contributed by atoms with E-state index in [1.165, 1.54) is 12.1 Å². The van der Waals surface area contributed by atoms with Crippen molar-refractivity contribution in [3.63, 3.8) is 0 Å². The van der Waals surface area contributed by atoms with E-state index in [9.17, 15) is 9.18 Å². The van der Waals surface area contributed by atoms with Crippen molar-refractivity contribution in [1.82, 2.24) is 15.8 Å². The van der Waals surface area contributed by atoms with Gasteiger partial charge in [0.05, 0.1) is 11.6 Å². The number of ketones is 1. The van der Waals surface area contributed by atoms with Gasteiger partial charge in [-0.25, -0.2) is 9.82 Å². The summed E-state index contributed by atoms with van der Waals surface area (Å²) in [6.07, 6.45) is 3.18. The van der Waals surface area contributed by atoms with Gasteiger partial charge in [0.25, 0.3) is 0 Å². The van der Waals surface area contributed by atoms with Crippen LogP contribution in [0.25, 0.3) is 10.9 Å². The van der Waals surface area contributed by atoms with Gasteiger partial charge in [-0.2, -0.15) is 0 Å². The predicted molar refractivity (Wildman–Crippen MR) is 127 cm³/mol. The molecule has 0 saturated carbocycles. The lowest BCUT2D eigenvalue weighted by Crippen LogP contribution is -2.37. The zero-order valence-electron chi connectivity index (χ0n) is 18.8. The van der Waals surface area contributed by atoms with Crippen LogP contribution >= 0.6 is 0 Å². The molecule has 33 heavy (non-hydrogen) atoms. The largest absolute Gasteiger partial charge is 0.358 e. The zero-order chi connectivity index (χ0) is 22.7. The number of nitrogens with zero attached hydrogens (tertiary/aromatic N) is 1. The molecular weight excluding hydrogens is 415 g/mol. The lowest BCUT2D eigenvalue weighted by atomic mass is 9.65. The Labute approximate surface area is 192 Å². The second kappa shape index (κ2) is 7.47. The number of benzene rings is 2. The molecule has 1 fully saturated rings. The van der Waals surface area contributed by atoms with Crippen molar-refractivity contribution < 1.29 is 9.18 Å². The fourth-order valence-electron chi connectivity index (χ4n) is 5.98. The lowest BCUT2D eigenvalue weighted by molar-refractivity contribution is -0.118. The number of Topliss-reactive ketones (excluding diaryl/α,β-unsaturated/α-hetero) is 1. The highest BCUT2D eigenvalue weighted by Gasteiger charge is 2.46. The van der Waals surface area contributed by atoms with Crippen molar-refractivity contribution >= 4 is 22.4 Å². The Hall–Kier alpha value is -3.09. The van der Waals surface area contributed by atoms with Gasteiger partial charge in [-0.15, -0.1) is 0 Å². The summed E-state index contributed by atoms with van der Waals surface area (Å²) in [5.74, 6) is -0.0437. The van der Waals surface area contributed by atoms with Crippen molar-refractivity contribution in [2.45, 2.75) is 38.6 Å². The number of allylic oxidation sites excluding steroid dienone is 2. The molecule has 6 rings (SSSR count). The second-order valence-corrected chi connectivity index (χ2v) is 10.3. The second-order valence-electron chi connectivity index (χ2n) is 10.3. The SMILES string of the molecule is CC1(C)CC(=O)C2=C(C1)Nc1ccc3ncccc3c1C2C1CNNC1c1ccc(F)cc1. The molecule has 0 amide bonds. The molecule has 1 aromatic heterocycles. The van der Waals surface area contributed by atoms with Crippen LogP contribution in [0.4, 0.5) is 10.1 Å². The number of carbonyl (C=O) groups excluding carboxylic acids is 1. The molecule has 5 nitrogen and oxygen atoms in total. The van der Waals surface area contributed by atoms with Crippen LogP contribution in [0, 0.1) is 17.2 Å². The van der Waals surface area contributed by atoms with E-state index in [4.69, 9.17) is 0 Å². The van der Waals surface area contributed by atoms with Crippen LogP contribution in [0.2, 0.25) is 0 Å². The van der Waals surface area contributed by atoms with E-state index in [-0.39, 0.29) is 34.9 Å². The molecule has 1 saturated heterocycles. The molecular formula is C27H27FN4O. The Bertz CT molecular complexity index is 1300. The Morgan fingerprint density at radius 3 is 2.70 bits per heavy atom. The molecule has 3 aromatic rings. The molecule has 3 N–H and O–H groups in total. The topological polar surface area (TPSA) is 66.0 Å². The number of aromatic nitrogens is 1. The van der Waals surface area contributed by atoms with Crippen LogP contribution in [-0.2, 0) is 4.79 Å². The molecule has 2 aromatic carbocycles. The summed E-state index contributed by atoms with van der Waals surface area (Å²) < 4.78 is 13.6. The van der Waals surface area contributed by atoms with Crippen LogP contribution < -0.4 is 16.2 Å². The molecule has 3 unspecified atom stereocenters. The van der Waals surface area contributed by atoms with E-state index in [2.05, 4.69) is 47.1 Å². The highest BCUT2D eigenvalue weighted by Crippen LogP contribution is 2.53. The minimum atomic E-state index is -0.250. The molecule has 3 atom stereocenters. The molecule has 168 valence electrons. The number of hydrogen-bond donors (Lipinski definition) is 3. The molecule has 6 heteroatoms. The number of rotatable bonds is 2. The van der Waals surface area contributed by atoms with Gasteiger partial charge >= 0.3 is 0 Å². The summed E-state index contributed by atoms with van der Waals surface area (Å²) >= 11 is 0. The van der Waals surface area contributed by atoms with E-state index in [0.717, 1.165) is 45.4 Å². The van der Waals surface area contributed by atoms with Gasteiger partial charge in [-0.3, -0.25) is 15.2 Å². The summed E-state index contributed by atoms with van der Waals surface area (Å²) in [5, 5.41) is 4.70. The van der Waals surface area contributed by atoms with Crippen LogP contribution in [-0.4, -0.2) is 17.3 Å². The molecule has 0 bridgehead atoms. The maximum absolute atomic E-state index is 13.6. The first-order valence-electron chi connectivity index (χ1n) is 11.6. The number of nitrogens with one attached hydrogen (secondary N) is 3. The first-order chi connectivity index (χ1) is 15.9. The van der Waals surface area contributed by atoms with Crippen molar-refractivity contribution in [2.75, 3.05) is 11.9 Å². The van der Waals surface area contributed by atoms with Gasteiger partial charge in [0.1, 0.15) is 5.82 Å². The minimum Gasteiger partial charge on any atom is -0.358 e. The summed E-state index contributed by atoms with van der Waals surface area (Å²) in [5.41, 5.74) is 12.7. The smallest absolute Gasteiger partial charge is 0.161 e. The van der Waals surface area contributed by atoms with Gasteiger partial charge in [-0.05, 0) is 53.3 Å². The highest BCUT2D eigenvalue weighted by molar-refractivity contribution is 6.03. The Morgan fingerprint density at radius 2 is 1.88 bits per heavy atom.